The van der Waals surface area contributed by atoms with Gasteiger partial charge in [0, 0.05) is 19.0 Å². The Morgan fingerprint density at radius 3 is 2.56 bits per heavy atom. The van der Waals surface area contributed by atoms with Gasteiger partial charge in [0.1, 0.15) is 5.75 Å². The lowest BCUT2D eigenvalue weighted by Crippen LogP contribution is -2.34. The summed E-state index contributed by atoms with van der Waals surface area (Å²) in [6.07, 6.45) is 2.44. The van der Waals surface area contributed by atoms with E-state index < -0.39 is 0 Å². The summed E-state index contributed by atoms with van der Waals surface area (Å²) in [5, 5.41) is 0. The van der Waals surface area contributed by atoms with Crippen LogP contribution in [0.2, 0.25) is 0 Å². The molecule has 2 aromatic carbocycles. The second-order valence-corrected chi connectivity index (χ2v) is 6.35. The van der Waals surface area contributed by atoms with Crippen LogP contribution in [0.3, 0.4) is 0 Å². The molecule has 0 saturated carbocycles. The maximum Gasteiger partial charge on any atom is 0.260 e. The molecule has 0 radical (unpaired) electrons. The third-order valence-electron chi connectivity index (χ3n) is 4.82. The first-order valence-electron chi connectivity index (χ1n) is 8.69. The van der Waals surface area contributed by atoms with E-state index in [2.05, 4.69) is 12.1 Å². The summed E-state index contributed by atoms with van der Waals surface area (Å²) < 4.78 is 5.60. The Bertz CT molecular complexity index is 767. The van der Waals surface area contributed by atoms with Gasteiger partial charge in [0.05, 0.1) is 6.04 Å². The van der Waals surface area contributed by atoms with Gasteiger partial charge in [-0.3, -0.25) is 9.59 Å². The van der Waals surface area contributed by atoms with Gasteiger partial charge < -0.3 is 9.64 Å². The Kier molecular flexibility index (Phi) is 5.17. The Balaban J connectivity index is 1.58. The quantitative estimate of drug-likeness (QED) is 0.753. The van der Waals surface area contributed by atoms with Gasteiger partial charge in [-0.25, -0.2) is 0 Å². The van der Waals surface area contributed by atoms with Crippen molar-refractivity contribution >= 4 is 11.7 Å². The van der Waals surface area contributed by atoms with E-state index in [4.69, 9.17) is 4.74 Å². The number of ether oxygens (including phenoxy) is 1. The van der Waals surface area contributed by atoms with E-state index in [0.29, 0.717) is 17.7 Å². The van der Waals surface area contributed by atoms with Gasteiger partial charge in [-0.05, 0) is 48.2 Å². The molecule has 1 aliphatic carbocycles. The average Bonchev–Trinajstić information content (AvgIpc) is 3.09. The van der Waals surface area contributed by atoms with Crippen LogP contribution in [0.25, 0.3) is 0 Å². The molecule has 0 aromatic heterocycles. The number of likely N-dealkylation sites (N-methyl/N-ethyl adjacent to an activating group) is 1. The van der Waals surface area contributed by atoms with Crippen molar-refractivity contribution in [3.05, 3.63) is 65.2 Å². The first-order valence-corrected chi connectivity index (χ1v) is 8.69. The normalized spacial score (nSPS) is 15.5. The zero-order valence-corrected chi connectivity index (χ0v) is 14.7. The van der Waals surface area contributed by atoms with Gasteiger partial charge in [0.25, 0.3) is 5.91 Å². The highest BCUT2D eigenvalue weighted by Crippen LogP contribution is 2.34. The lowest BCUT2D eigenvalue weighted by Gasteiger charge is -2.25. The zero-order valence-electron chi connectivity index (χ0n) is 14.7. The highest BCUT2D eigenvalue weighted by Gasteiger charge is 2.28. The van der Waals surface area contributed by atoms with Crippen molar-refractivity contribution in [2.75, 3.05) is 13.7 Å². The van der Waals surface area contributed by atoms with Gasteiger partial charge in [0.2, 0.25) is 0 Å². The van der Waals surface area contributed by atoms with Crippen LogP contribution < -0.4 is 4.74 Å². The van der Waals surface area contributed by atoms with E-state index in [1.807, 2.05) is 26.1 Å². The van der Waals surface area contributed by atoms with Crippen molar-refractivity contribution in [2.45, 2.75) is 32.2 Å². The van der Waals surface area contributed by atoms with Crippen molar-refractivity contribution in [2.24, 2.45) is 0 Å². The molecule has 2 aromatic rings. The lowest BCUT2D eigenvalue weighted by molar-refractivity contribution is -0.134. The summed E-state index contributed by atoms with van der Waals surface area (Å²) in [6.45, 7) is 1.83. The number of carbonyl (C=O) groups is 2. The molecule has 4 heteroatoms. The summed E-state index contributed by atoms with van der Waals surface area (Å²) in [5.74, 6) is 0.652. The molecule has 0 fully saturated rings. The monoisotopic (exact) mass is 337 g/mol. The smallest absolute Gasteiger partial charge is 0.260 e. The van der Waals surface area contributed by atoms with Crippen LogP contribution in [0.5, 0.6) is 5.75 Å². The molecule has 3 rings (SSSR count). The van der Waals surface area contributed by atoms with Crippen molar-refractivity contribution in [1.82, 2.24) is 4.90 Å². The van der Waals surface area contributed by atoms with Gasteiger partial charge in [0.15, 0.2) is 12.4 Å². The van der Waals surface area contributed by atoms with E-state index in [0.717, 1.165) is 12.8 Å². The second-order valence-electron chi connectivity index (χ2n) is 6.35. The van der Waals surface area contributed by atoms with Crippen LogP contribution in [-0.2, 0) is 11.2 Å². The van der Waals surface area contributed by atoms with E-state index in [1.165, 1.54) is 11.1 Å². The molecule has 0 saturated heterocycles. The van der Waals surface area contributed by atoms with Crippen LogP contribution in [0.1, 0.15) is 47.3 Å². The molecule has 1 unspecified atom stereocenters. The lowest BCUT2D eigenvalue weighted by atomic mass is 10.1. The van der Waals surface area contributed by atoms with Crippen LogP contribution in [0.15, 0.2) is 48.5 Å². The molecule has 0 heterocycles. The Morgan fingerprint density at radius 2 is 1.84 bits per heavy atom. The predicted molar refractivity (Wildman–Crippen MR) is 96.8 cm³/mol. The number of carbonyl (C=O) groups excluding carboxylic acids is 2. The third kappa shape index (κ3) is 3.73. The Labute approximate surface area is 148 Å². The molecule has 1 amide bonds. The summed E-state index contributed by atoms with van der Waals surface area (Å²) in [4.78, 5) is 25.9. The Hall–Kier alpha value is -2.62. The standard InChI is InChI=1S/C21H23NO3/c1-3-20(23)16-8-11-17(12-9-16)25-14-21(24)22(2)19-13-10-15-6-4-5-7-18(15)19/h4-9,11-12,19H,3,10,13-14H2,1-2H3. The summed E-state index contributed by atoms with van der Waals surface area (Å²) in [5.41, 5.74) is 3.23. The fourth-order valence-electron chi connectivity index (χ4n) is 3.30. The molecule has 1 atom stereocenters. The predicted octanol–water partition coefficient (Wildman–Crippen LogP) is 3.80. The van der Waals surface area contributed by atoms with Gasteiger partial charge in [-0.1, -0.05) is 31.2 Å². The van der Waals surface area contributed by atoms with Crippen molar-refractivity contribution in [3.63, 3.8) is 0 Å². The minimum atomic E-state index is -0.0459. The number of hydrogen-bond acceptors (Lipinski definition) is 3. The first kappa shape index (κ1) is 17.2. The Morgan fingerprint density at radius 1 is 1.12 bits per heavy atom. The van der Waals surface area contributed by atoms with E-state index in [1.54, 1.807) is 29.2 Å². The fraction of sp³-hybridized carbons (Fsp3) is 0.333. The van der Waals surface area contributed by atoms with Crippen molar-refractivity contribution in [3.8, 4) is 5.75 Å². The zero-order chi connectivity index (χ0) is 17.8. The fourth-order valence-corrected chi connectivity index (χ4v) is 3.30. The number of aryl methyl sites for hydroxylation is 1. The molecule has 0 aliphatic heterocycles. The summed E-state index contributed by atoms with van der Waals surface area (Å²) in [6, 6.07) is 15.4. The molecule has 25 heavy (non-hydrogen) atoms. The number of nitrogens with zero attached hydrogens (tertiary/aromatic N) is 1. The van der Waals surface area contributed by atoms with E-state index in [9.17, 15) is 9.59 Å². The van der Waals surface area contributed by atoms with Gasteiger partial charge in [-0.15, -0.1) is 0 Å². The van der Waals surface area contributed by atoms with Crippen LogP contribution in [0.4, 0.5) is 0 Å². The van der Waals surface area contributed by atoms with Gasteiger partial charge >= 0.3 is 0 Å². The first-order chi connectivity index (χ1) is 12.1. The van der Waals surface area contributed by atoms with Crippen molar-refractivity contribution < 1.29 is 14.3 Å². The summed E-state index contributed by atoms with van der Waals surface area (Å²) >= 11 is 0. The molecule has 0 bridgehead atoms. The van der Waals surface area contributed by atoms with Crippen LogP contribution >= 0.6 is 0 Å². The SMILES string of the molecule is CCC(=O)c1ccc(OCC(=O)N(C)C2CCc3ccccc32)cc1. The van der Waals surface area contributed by atoms with Crippen LogP contribution in [-0.4, -0.2) is 30.2 Å². The maximum absolute atomic E-state index is 12.5. The number of rotatable bonds is 6. The highest BCUT2D eigenvalue weighted by atomic mass is 16.5. The number of hydrogen-bond donors (Lipinski definition) is 0. The minimum Gasteiger partial charge on any atom is -0.484 e. The highest BCUT2D eigenvalue weighted by molar-refractivity contribution is 5.95. The van der Waals surface area contributed by atoms with Crippen molar-refractivity contribution in [1.29, 1.82) is 0 Å². The number of Topliss-reactive ketones (excluding diaryl/α,β-unsaturated/α-hetero) is 1. The molecular formula is C21H23NO3. The molecule has 1 aliphatic rings. The summed E-state index contributed by atoms with van der Waals surface area (Å²) in [7, 11) is 1.83. The number of fused-ring (bicyclic) bond motifs is 1. The van der Waals surface area contributed by atoms with E-state index in [-0.39, 0.29) is 24.3 Å². The third-order valence-corrected chi connectivity index (χ3v) is 4.82. The number of amides is 1. The molecule has 130 valence electrons. The molecule has 0 N–H and O–H groups in total. The maximum atomic E-state index is 12.5. The average molecular weight is 337 g/mol. The van der Waals surface area contributed by atoms with Crippen LogP contribution in [0, 0.1) is 0 Å². The second kappa shape index (κ2) is 7.51. The topological polar surface area (TPSA) is 46.6 Å². The van der Waals surface area contributed by atoms with Gasteiger partial charge in [-0.2, -0.15) is 0 Å². The number of ketones is 1. The molecule has 4 nitrogen and oxygen atoms in total. The largest absolute Gasteiger partial charge is 0.484 e. The van der Waals surface area contributed by atoms with E-state index >= 15 is 0 Å². The number of benzene rings is 2. The molecular weight excluding hydrogens is 314 g/mol. The minimum absolute atomic E-state index is 0.00373. The molecule has 0 spiro atoms.